The zero-order chi connectivity index (χ0) is 14.5. The molecular weight excluding hydrogens is 256 g/mol. The van der Waals surface area contributed by atoms with Crippen LogP contribution in [0.1, 0.15) is 30.4 Å². The Morgan fingerprint density at radius 2 is 2.30 bits per heavy atom. The molecule has 6 heteroatoms. The van der Waals surface area contributed by atoms with E-state index in [1.165, 1.54) is 0 Å². The standard InChI is InChI=1S/C14H20N4O2/c1-10(9-18-8-4-7-15-18)16-14(19)6-5-13-11(2)17-20-12(13)3/h4,7-8,10H,5-6,9H2,1-3H3,(H,16,19). The summed E-state index contributed by atoms with van der Waals surface area (Å²) in [5.74, 6) is 0.824. The maximum Gasteiger partial charge on any atom is 0.220 e. The van der Waals surface area contributed by atoms with Crippen LogP contribution in [0.5, 0.6) is 0 Å². The smallest absolute Gasteiger partial charge is 0.220 e. The molecule has 0 saturated heterocycles. The van der Waals surface area contributed by atoms with E-state index in [1.54, 1.807) is 10.9 Å². The molecule has 0 saturated carbocycles. The van der Waals surface area contributed by atoms with Crippen LogP contribution in [0, 0.1) is 13.8 Å². The Balaban J connectivity index is 1.78. The number of rotatable bonds is 6. The average molecular weight is 276 g/mol. The summed E-state index contributed by atoms with van der Waals surface area (Å²) in [6.07, 6.45) is 4.70. The summed E-state index contributed by atoms with van der Waals surface area (Å²) >= 11 is 0. The van der Waals surface area contributed by atoms with Gasteiger partial charge in [0.15, 0.2) is 0 Å². The van der Waals surface area contributed by atoms with Gasteiger partial charge in [-0.05, 0) is 33.3 Å². The van der Waals surface area contributed by atoms with E-state index >= 15 is 0 Å². The summed E-state index contributed by atoms with van der Waals surface area (Å²) in [6, 6.07) is 1.92. The summed E-state index contributed by atoms with van der Waals surface area (Å²) in [6.45, 7) is 6.40. The molecule has 6 nitrogen and oxygen atoms in total. The number of amides is 1. The minimum Gasteiger partial charge on any atom is -0.361 e. The van der Waals surface area contributed by atoms with Crippen molar-refractivity contribution in [1.29, 1.82) is 0 Å². The third kappa shape index (κ3) is 3.69. The second-order valence-corrected chi connectivity index (χ2v) is 5.00. The maximum atomic E-state index is 11.9. The number of aromatic nitrogens is 3. The Morgan fingerprint density at radius 1 is 1.50 bits per heavy atom. The predicted molar refractivity (Wildman–Crippen MR) is 74.1 cm³/mol. The molecule has 1 amide bonds. The maximum absolute atomic E-state index is 11.9. The summed E-state index contributed by atoms with van der Waals surface area (Å²) in [5, 5.41) is 11.0. The Hall–Kier alpha value is -2.11. The van der Waals surface area contributed by atoms with Crippen molar-refractivity contribution < 1.29 is 9.32 Å². The highest BCUT2D eigenvalue weighted by Gasteiger charge is 2.12. The molecule has 0 bridgehead atoms. The first-order chi connectivity index (χ1) is 9.56. The van der Waals surface area contributed by atoms with Crippen LogP contribution in [0.25, 0.3) is 0 Å². The lowest BCUT2D eigenvalue weighted by molar-refractivity contribution is -0.121. The van der Waals surface area contributed by atoms with Gasteiger partial charge >= 0.3 is 0 Å². The zero-order valence-corrected chi connectivity index (χ0v) is 12.1. The Bertz CT molecular complexity index is 540. The molecule has 0 aliphatic rings. The lowest BCUT2D eigenvalue weighted by Gasteiger charge is -2.13. The van der Waals surface area contributed by atoms with Gasteiger partial charge in [-0.3, -0.25) is 9.48 Å². The van der Waals surface area contributed by atoms with E-state index in [0.717, 1.165) is 17.0 Å². The number of hydrogen-bond acceptors (Lipinski definition) is 4. The van der Waals surface area contributed by atoms with Crippen molar-refractivity contribution in [2.24, 2.45) is 0 Å². The first-order valence-corrected chi connectivity index (χ1v) is 6.75. The molecule has 0 radical (unpaired) electrons. The Labute approximate surface area is 118 Å². The molecule has 1 N–H and O–H groups in total. The predicted octanol–water partition coefficient (Wildman–Crippen LogP) is 1.63. The molecule has 2 aromatic heterocycles. The molecule has 0 fully saturated rings. The van der Waals surface area contributed by atoms with E-state index in [1.807, 2.05) is 33.0 Å². The lowest BCUT2D eigenvalue weighted by atomic mass is 10.1. The third-order valence-electron chi connectivity index (χ3n) is 3.21. The normalized spacial score (nSPS) is 12.3. The van der Waals surface area contributed by atoms with Gasteiger partial charge in [0.05, 0.1) is 12.2 Å². The number of nitrogens with one attached hydrogen (secondary N) is 1. The van der Waals surface area contributed by atoms with Gasteiger partial charge in [-0.15, -0.1) is 0 Å². The summed E-state index contributed by atoms with van der Waals surface area (Å²) in [7, 11) is 0. The third-order valence-corrected chi connectivity index (χ3v) is 3.21. The highest BCUT2D eigenvalue weighted by atomic mass is 16.5. The molecule has 1 atom stereocenters. The second-order valence-electron chi connectivity index (χ2n) is 5.00. The van der Waals surface area contributed by atoms with Crippen LogP contribution >= 0.6 is 0 Å². The highest BCUT2D eigenvalue weighted by Crippen LogP contribution is 2.14. The minimum atomic E-state index is 0.0321. The van der Waals surface area contributed by atoms with E-state index in [-0.39, 0.29) is 11.9 Å². The van der Waals surface area contributed by atoms with E-state index in [2.05, 4.69) is 15.6 Å². The fraction of sp³-hybridized carbons (Fsp3) is 0.500. The molecule has 0 aromatic carbocycles. The molecule has 2 heterocycles. The molecule has 0 spiro atoms. The van der Waals surface area contributed by atoms with Gasteiger partial charge in [-0.25, -0.2) is 0 Å². The van der Waals surface area contributed by atoms with Crippen LogP contribution in [0.4, 0.5) is 0 Å². The molecular formula is C14H20N4O2. The Morgan fingerprint density at radius 3 is 2.90 bits per heavy atom. The van der Waals surface area contributed by atoms with Gasteiger partial charge < -0.3 is 9.84 Å². The zero-order valence-electron chi connectivity index (χ0n) is 12.1. The van der Waals surface area contributed by atoms with Gasteiger partial charge in [-0.2, -0.15) is 5.10 Å². The van der Waals surface area contributed by atoms with Crippen molar-refractivity contribution in [3.8, 4) is 0 Å². The van der Waals surface area contributed by atoms with Crippen molar-refractivity contribution in [1.82, 2.24) is 20.3 Å². The van der Waals surface area contributed by atoms with Crippen molar-refractivity contribution in [3.05, 3.63) is 35.5 Å². The fourth-order valence-corrected chi connectivity index (χ4v) is 2.18. The SMILES string of the molecule is Cc1noc(C)c1CCC(=O)NC(C)Cn1cccn1. The van der Waals surface area contributed by atoms with Crippen molar-refractivity contribution >= 4 is 5.91 Å². The topological polar surface area (TPSA) is 73.0 Å². The average Bonchev–Trinajstić information content (AvgIpc) is 2.98. The van der Waals surface area contributed by atoms with Crippen LogP contribution in [-0.2, 0) is 17.8 Å². The number of aryl methyl sites for hydroxylation is 2. The van der Waals surface area contributed by atoms with Crippen molar-refractivity contribution in [3.63, 3.8) is 0 Å². The van der Waals surface area contributed by atoms with E-state index in [4.69, 9.17) is 4.52 Å². The Kier molecular flexibility index (Phi) is 4.55. The largest absolute Gasteiger partial charge is 0.361 e. The molecule has 1 unspecified atom stereocenters. The summed E-state index contributed by atoms with van der Waals surface area (Å²) in [5.41, 5.74) is 1.89. The number of carbonyl (C=O) groups is 1. The van der Waals surface area contributed by atoms with Crippen molar-refractivity contribution in [2.45, 2.75) is 46.2 Å². The van der Waals surface area contributed by atoms with Crippen LogP contribution in [0.2, 0.25) is 0 Å². The van der Waals surface area contributed by atoms with Gasteiger partial charge in [0.2, 0.25) is 5.91 Å². The van der Waals surface area contributed by atoms with Gasteiger partial charge in [-0.1, -0.05) is 5.16 Å². The second kappa shape index (κ2) is 6.36. The molecule has 0 aliphatic carbocycles. The number of carbonyl (C=O) groups excluding carboxylic acids is 1. The van der Waals surface area contributed by atoms with Crippen LogP contribution in [0.15, 0.2) is 23.0 Å². The number of nitrogens with zero attached hydrogens (tertiary/aromatic N) is 3. The van der Waals surface area contributed by atoms with Gasteiger partial charge in [0.25, 0.3) is 0 Å². The van der Waals surface area contributed by atoms with Gasteiger partial charge in [0.1, 0.15) is 5.76 Å². The van der Waals surface area contributed by atoms with Crippen LogP contribution in [0.3, 0.4) is 0 Å². The van der Waals surface area contributed by atoms with Crippen LogP contribution < -0.4 is 5.32 Å². The first kappa shape index (κ1) is 14.3. The fourth-order valence-electron chi connectivity index (χ4n) is 2.18. The quantitative estimate of drug-likeness (QED) is 0.870. The molecule has 2 rings (SSSR count). The monoisotopic (exact) mass is 276 g/mol. The van der Waals surface area contributed by atoms with E-state index in [9.17, 15) is 4.79 Å². The van der Waals surface area contributed by atoms with E-state index in [0.29, 0.717) is 19.4 Å². The molecule has 0 aliphatic heterocycles. The van der Waals surface area contributed by atoms with Crippen molar-refractivity contribution in [2.75, 3.05) is 0 Å². The number of hydrogen-bond donors (Lipinski definition) is 1. The lowest BCUT2D eigenvalue weighted by Crippen LogP contribution is -2.35. The molecule has 108 valence electrons. The summed E-state index contributed by atoms with van der Waals surface area (Å²) in [4.78, 5) is 11.9. The first-order valence-electron chi connectivity index (χ1n) is 6.75. The summed E-state index contributed by atoms with van der Waals surface area (Å²) < 4.78 is 6.89. The molecule has 20 heavy (non-hydrogen) atoms. The highest BCUT2D eigenvalue weighted by molar-refractivity contribution is 5.76. The van der Waals surface area contributed by atoms with Crippen LogP contribution in [-0.4, -0.2) is 26.9 Å². The minimum absolute atomic E-state index is 0.0321. The molecule has 2 aromatic rings. The van der Waals surface area contributed by atoms with E-state index < -0.39 is 0 Å². The van der Waals surface area contributed by atoms with Gasteiger partial charge in [0, 0.05) is 30.4 Å².